The van der Waals surface area contributed by atoms with Gasteiger partial charge in [-0.3, -0.25) is 0 Å². The molecule has 8 heteroatoms. The molecule has 4 rings (SSSR count). The van der Waals surface area contributed by atoms with E-state index >= 15 is 0 Å². The van der Waals surface area contributed by atoms with Crippen LogP contribution in [0.2, 0.25) is 0 Å². The minimum atomic E-state index is -0.302. The predicted molar refractivity (Wildman–Crippen MR) is 113 cm³/mol. The third kappa shape index (κ3) is 4.48. The lowest BCUT2D eigenvalue weighted by Gasteiger charge is -2.35. The van der Waals surface area contributed by atoms with Crippen LogP contribution < -0.4 is 15.0 Å². The number of anilines is 2. The van der Waals surface area contributed by atoms with Crippen LogP contribution in [0.1, 0.15) is 0 Å². The van der Waals surface area contributed by atoms with E-state index in [0.29, 0.717) is 37.4 Å². The van der Waals surface area contributed by atoms with E-state index in [1.165, 1.54) is 18.5 Å². The molecule has 0 unspecified atom stereocenters. The van der Waals surface area contributed by atoms with Gasteiger partial charge in [0, 0.05) is 43.5 Å². The van der Waals surface area contributed by atoms with Gasteiger partial charge in [0.15, 0.2) is 0 Å². The van der Waals surface area contributed by atoms with Gasteiger partial charge in [-0.1, -0.05) is 12.1 Å². The SMILES string of the molecule is COc1ccc(NC(=O)N2CCN(c3cc(-c4cccc(F)c4)ncn3)CC2)cc1. The number of rotatable bonds is 4. The Morgan fingerprint density at radius 3 is 2.50 bits per heavy atom. The van der Waals surface area contributed by atoms with Crippen LogP contribution in [0, 0.1) is 5.82 Å². The second-order valence-corrected chi connectivity index (χ2v) is 6.90. The van der Waals surface area contributed by atoms with E-state index in [1.807, 2.05) is 24.3 Å². The van der Waals surface area contributed by atoms with Crippen LogP contribution in [0.4, 0.5) is 20.7 Å². The molecule has 1 saturated heterocycles. The summed E-state index contributed by atoms with van der Waals surface area (Å²) in [4.78, 5) is 25.0. The molecule has 7 nitrogen and oxygen atoms in total. The third-order valence-corrected chi connectivity index (χ3v) is 5.01. The molecular formula is C22H22FN5O2. The normalized spacial score (nSPS) is 13.8. The number of carbonyl (C=O) groups excluding carboxylic acids is 1. The second kappa shape index (κ2) is 8.77. The molecule has 1 fully saturated rings. The molecule has 1 aromatic heterocycles. The number of piperazine rings is 1. The van der Waals surface area contributed by atoms with Gasteiger partial charge in [-0.25, -0.2) is 19.2 Å². The lowest BCUT2D eigenvalue weighted by Crippen LogP contribution is -2.50. The summed E-state index contributed by atoms with van der Waals surface area (Å²) >= 11 is 0. The van der Waals surface area contributed by atoms with Crippen LogP contribution in [-0.2, 0) is 0 Å². The van der Waals surface area contributed by atoms with Gasteiger partial charge < -0.3 is 19.9 Å². The molecule has 154 valence electrons. The van der Waals surface area contributed by atoms with Gasteiger partial charge in [-0.2, -0.15) is 0 Å². The van der Waals surface area contributed by atoms with E-state index in [4.69, 9.17) is 4.74 Å². The van der Waals surface area contributed by atoms with Crippen LogP contribution in [0.5, 0.6) is 5.75 Å². The Kier molecular flexibility index (Phi) is 5.74. The Balaban J connectivity index is 1.37. The van der Waals surface area contributed by atoms with E-state index in [9.17, 15) is 9.18 Å². The number of benzene rings is 2. The molecule has 2 amide bonds. The monoisotopic (exact) mass is 407 g/mol. The molecule has 3 aromatic rings. The van der Waals surface area contributed by atoms with E-state index in [-0.39, 0.29) is 11.8 Å². The van der Waals surface area contributed by atoms with Gasteiger partial charge in [0.1, 0.15) is 23.7 Å². The molecule has 1 N–H and O–H groups in total. The van der Waals surface area contributed by atoms with Crippen LogP contribution in [0.25, 0.3) is 11.3 Å². The summed E-state index contributed by atoms with van der Waals surface area (Å²) in [6.45, 7) is 2.44. The number of urea groups is 1. The quantitative estimate of drug-likeness (QED) is 0.715. The number of nitrogens with zero attached hydrogens (tertiary/aromatic N) is 4. The summed E-state index contributed by atoms with van der Waals surface area (Å²) in [5.74, 6) is 1.20. The first-order valence-corrected chi connectivity index (χ1v) is 9.65. The summed E-state index contributed by atoms with van der Waals surface area (Å²) in [6, 6.07) is 15.3. The topological polar surface area (TPSA) is 70.6 Å². The van der Waals surface area contributed by atoms with Gasteiger partial charge in [0.25, 0.3) is 0 Å². The van der Waals surface area contributed by atoms with Crippen molar-refractivity contribution < 1.29 is 13.9 Å². The zero-order valence-electron chi connectivity index (χ0n) is 16.6. The van der Waals surface area contributed by atoms with Crippen molar-refractivity contribution in [3.63, 3.8) is 0 Å². The number of methoxy groups -OCH3 is 1. The van der Waals surface area contributed by atoms with Crippen LogP contribution in [0.3, 0.4) is 0 Å². The number of aromatic nitrogens is 2. The number of hydrogen-bond acceptors (Lipinski definition) is 5. The molecule has 0 atom stereocenters. The van der Waals surface area contributed by atoms with Gasteiger partial charge in [0.2, 0.25) is 0 Å². The van der Waals surface area contributed by atoms with E-state index in [1.54, 1.807) is 30.2 Å². The molecule has 0 saturated carbocycles. The smallest absolute Gasteiger partial charge is 0.321 e. The second-order valence-electron chi connectivity index (χ2n) is 6.90. The number of nitrogens with one attached hydrogen (secondary N) is 1. The highest BCUT2D eigenvalue weighted by Crippen LogP contribution is 2.22. The number of amides is 2. The fourth-order valence-corrected chi connectivity index (χ4v) is 3.34. The molecule has 30 heavy (non-hydrogen) atoms. The van der Waals surface area contributed by atoms with Crippen molar-refractivity contribution in [3.8, 4) is 17.0 Å². The maximum atomic E-state index is 13.5. The largest absolute Gasteiger partial charge is 0.497 e. The van der Waals surface area contributed by atoms with Crippen molar-refractivity contribution in [1.29, 1.82) is 0 Å². The van der Waals surface area contributed by atoms with Gasteiger partial charge in [-0.05, 0) is 36.4 Å². The lowest BCUT2D eigenvalue weighted by molar-refractivity contribution is 0.208. The minimum absolute atomic E-state index is 0.136. The lowest BCUT2D eigenvalue weighted by atomic mass is 10.1. The van der Waals surface area contributed by atoms with Crippen LogP contribution in [0.15, 0.2) is 60.9 Å². The maximum Gasteiger partial charge on any atom is 0.321 e. The summed E-state index contributed by atoms with van der Waals surface area (Å²) < 4.78 is 18.6. The maximum absolute atomic E-state index is 13.5. The van der Waals surface area contributed by atoms with E-state index in [2.05, 4.69) is 20.2 Å². The van der Waals surface area contributed by atoms with Gasteiger partial charge >= 0.3 is 6.03 Å². The Morgan fingerprint density at radius 2 is 1.80 bits per heavy atom. The summed E-state index contributed by atoms with van der Waals surface area (Å²) in [5, 5.41) is 2.91. The highest BCUT2D eigenvalue weighted by molar-refractivity contribution is 5.89. The summed E-state index contributed by atoms with van der Waals surface area (Å²) in [6.07, 6.45) is 1.48. The summed E-state index contributed by atoms with van der Waals surface area (Å²) in [5.41, 5.74) is 2.09. The first-order valence-electron chi connectivity index (χ1n) is 9.65. The van der Waals surface area contributed by atoms with Crippen molar-refractivity contribution in [2.24, 2.45) is 0 Å². The highest BCUT2D eigenvalue weighted by Gasteiger charge is 2.22. The Morgan fingerprint density at radius 1 is 1.03 bits per heavy atom. The number of ether oxygens (including phenoxy) is 1. The average Bonchev–Trinajstić information content (AvgIpc) is 2.80. The molecule has 0 spiro atoms. The van der Waals surface area contributed by atoms with Crippen molar-refractivity contribution in [2.75, 3.05) is 43.5 Å². The molecule has 0 radical (unpaired) electrons. The number of halogens is 1. The number of carbonyl (C=O) groups is 1. The zero-order valence-corrected chi connectivity index (χ0v) is 16.6. The average molecular weight is 407 g/mol. The minimum Gasteiger partial charge on any atom is -0.497 e. The first kappa shape index (κ1) is 19.6. The van der Waals surface area contributed by atoms with Gasteiger partial charge in [0.05, 0.1) is 12.8 Å². The molecule has 2 heterocycles. The van der Waals surface area contributed by atoms with Crippen LogP contribution in [-0.4, -0.2) is 54.2 Å². The van der Waals surface area contributed by atoms with Crippen molar-refractivity contribution in [3.05, 3.63) is 66.7 Å². The molecule has 0 aliphatic carbocycles. The molecule has 1 aliphatic heterocycles. The van der Waals surface area contributed by atoms with Crippen LogP contribution >= 0.6 is 0 Å². The fourth-order valence-electron chi connectivity index (χ4n) is 3.34. The molecule has 2 aromatic carbocycles. The Bertz CT molecular complexity index is 1020. The van der Waals surface area contributed by atoms with Gasteiger partial charge in [-0.15, -0.1) is 0 Å². The molecule has 1 aliphatic rings. The highest BCUT2D eigenvalue weighted by atomic mass is 19.1. The molecular weight excluding hydrogens is 385 g/mol. The molecule has 0 bridgehead atoms. The predicted octanol–water partition coefficient (Wildman–Crippen LogP) is 3.65. The first-order chi connectivity index (χ1) is 14.6. The van der Waals surface area contributed by atoms with Crippen molar-refractivity contribution >= 4 is 17.5 Å². The summed E-state index contributed by atoms with van der Waals surface area (Å²) in [7, 11) is 1.60. The number of hydrogen-bond donors (Lipinski definition) is 1. The third-order valence-electron chi connectivity index (χ3n) is 5.01. The Labute approximate surface area is 174 Å². The fraction of sp³-hybridized carbons (Fsp3) is 0.227. The van der Waals surface area contributed by atoms with Crippen molar-refractivity contribution in [2.45, 2.75) is 0 Å². The zero-order chi connectivity index (χ0) is 20.9. The standard InChI is InChI=1S/C22H22FN5O2/c1-30-19-7-5-18(6-8-19)26-22(29)28-11-9-27(10-12-28)21-14-20(24-15-25-21)16-3-2-4-17(23)13-16/h2-8,13-15H,9-12H2,1H3,(H,26,29). The Hall–Kier alpha value is -3.68. The van der Waals surface area contributed by atoms with E-state index < -0.39 is 0 Å². The van der Waals surface area contributed by atoms with E-state index in [0.717, 1.165) is 17.3 Å². The van der Waals surface area contributed by atoms with Crippen molar-refractivity contribution in [1.82, 2.24) is 14.9 Å².